The van der Waals surface area contributed by atoms with Gasteiger partial charge >= 0.3 is 5.97 Å². The molecule has 0 radical (unpaired) electrons. The average Bonchev–Trinajstić information content (AvgIpc) is 2.60. The molecule has 0 aliphatic heterocycles. The fraction of sp³-hybridized carbons (Fsp3) is 0.176. The number of hydrogen-bond donors (Lipinski definition) is 2. The van der Waals surface area contributed by atoms with Gasteiger partial charge < -0.3 is 10.1 Å². The standard InChI is InChI=1S/C17H18N2O5S/c1-12-5-3-7-14(9-12)19-16(20)11-24-17(21)13-6-4-8-15(10-13)25(22,23)18-2/h3-10,18H,11H2,1-2H3,(H,19,20). The number of benzene rings is 2. The van der Waals surface area contributed by atoms with E-state index in [-0.39, 0.29) is 10.5 Å². The highest BCUT2D eigenvalue weighted by molar-refractivity contribution is 7.89. The minimum absolute atomic E-state index is 0.0414. The summed E-state index contributed by atoms with van der Waals surface area (Å²) < 4.78 is 30.6. The minimum Gasteiger partial charge on any atom is -0.452 e. The quantitative estimate of drug-likeness (QED) is 0.762. The Morgan fingerprint density at radius 3 is 2.48 bits per heavy atom. The molecule has 132 valence electrons. The van der Waals surface area contributed by atoms with Gasteiger partial charge in [-0.05, 0) is 49.9 Å². The molecule has 2 aromatic rings. The van der Waals surface area contributed by atoms with Crippen LogP contribution in [0.2, 0.25) is 0 Å². The van der Waals surface area contributed by atoms with Crippen LogP contribution >= 0.6 is 0 Å². The Morgan fingerprint density at radius 1 is 1.08 bits per heavy atom. The fourth-order valence-electron chi connectivity index (χ4n) is 2.04. The van der Waals surface area contributed by atoms with Crippen LogP contribution in [0.3, 0.4) is 0 Å². The molecule has 2 aromatic carbocycles. The molecule has 0 saturated heterocycles. The van der Waals surface area contributed by atoms with E-state index in [0.29, 0.717) is 5.69 Å². The number of anilines is 1. The summed E-state index contributed by atoms with van der Waals surface area (Å²) in [6, 6.07) is 12.6. The summed E-state index contributed by atoms with van der Waals surface area (Å²) >= 11 is 0. The van der Waals surface area contributed by atoms with Crippen molar-refractivity contribution in [2.45, 2.75) is 11.8 Å². The van der Waals surface area contributed by atoms with Crippen LogP contribution in [-0.2, 0) is 19.6 Å². The van der Waals surface area contributed by atoms with Crippen LogP contribution in [0.5, 0.6) is 0 Å². The number of amides is 1. The molecular weight excluding hydrogens is 344 g/mol. The van der Waals surface area contributed by atoms with Gasteiger partial charge in [0.1, 0.15) is 0 Å². The predicted octanol–water partition coefficient (Wildman–Crippen LogP) is 1.70. The number of rotatable bonds is 6. The third kappa shape index (κ3) is 5.13. The first-order chi connectivity index (χ1) is 11.8. The van der Waals surface area contributed by atoms with Crippen LogP contribution in [0.25, 0.3) is 0 Å². The molecule has 0 saturated carbocycles. The molecular formula is C17H18N2O5S. The number of nitrogens with one attached hydrogen (secondary N) is 2. The Morgan fingerprint density at radius 2 is 1.80 bits per heavy atom. The normalized spacial score (nSPS) is 11.0. The summed E-state index contributed by atoms with van der Waals surface area (Å²) in [4.78, 5) is 23.8. The summed E-state index contributed by atoms with van der Waals surface area (Å²) in [5.41, 5.74) is 1.63. The maximum Gasteiger partial charge on any atom is 0.338 e. The van der Waals surface area contributed by atoms with Gasteiger partial charge in [-0.1, -0.05) is 18.2 Å². The molecule has 0 bridgehead atoms. The summed E-state index contributed by atoms with van der Waals surface area (Å²) in [5, 5.41) is 2.61. The number of esters is 1. The van der Waals surface area contributed by atoms with Gasteiger partial charge in [0.15, 0.2) is 6.61 Å². The van der Waals surface area contributed by atoms with Crippen LogP contribution < -0.4 is 10.0 Å². The lowest BCUT2D eigenvalue weighted by Crippen LogP contribution is -2.21. The maximum absolute atomic E-state index is 12.0. The van der Waals surface area contributed by atoms with Crippen LogP contribution in [-0.4, -0.2) is 33.9 Å². The average molecular weight is 362 g/mol. The minimum atomic E-state index is -3.67. The Labute approximate surface area is 146 Å². The summed E-state index contributed by atoms with van der Waals surface area (Å²) in [7, 11) is -2.39. The molecule has 25 heavy (non-hydrogen) atoms. The maximum atomic E-state index is 12.0. The van der Waals surface area contributed by atoms with Crippen LogP contribution in [0.4, 0.5) is 5.69 Å². The molecule has 0 fully saturated rings. The van der Waals surface area contributed by atoms with Crippen LogP contribution in [0, 0.1) is 6.92 Å². The van der Waals surface area contributed by atoms with E-state index in [1.165, 1.54) is 31.3 Å². The van der Waals surface area contributed by atoms with Gasteiger partial charge in [0.2, 0.25) is 10.0 Å². The second-order valence-corrected chi connectivity index (χ2v) is 7.12. The molecule has 0 unspecified atom stereocenters. The zero-order valence-electron chi connectivity index (χ0n) is 13.8. The van der Waals surface area contributed by atoms with E-state index in [0.717, 1.165) is 5.56 Å². The molecule has 7 nitrogen and oxygen atoms in total. The highest BCUT2D eigenvalue weighted by Gasteiger charge is 2.16. The topological polar surface area (TPSA) is 102 Å². The van der Waals surface area contributed by atoms with Crippen molar-refractivity contribution in [1.29, 1.82) is 0 Å². The molecule has 0 aliphatic rings. The molecule has 1 amide bonds. The lowest BCUT2D eigenvalue weighted by atomic mass is 10.2. The first kappa shape index (κ1) is 18.6. The SMILES string of the molecule is CNS(=O)(=O)c1cccc(C(=O)OCC(=O)Nc2cccc(C)c2)c1. The van der Waals surface area contributed by atoms with Crippen molar-refractivity contribution in [3.63, 3.8) is 0 Å². The van der Waals surface area contributed by atoms with Gasteiger partial charge in [-0.25, -0.2) is 17.9 Å². The highest BCUT2D eigenvalue weighted by atomic mass is 32.2. The van der Waals surface area contributed by atoms with Crippen molar-refractivity contribution in [3.8, 4) is 0 Å². The van der Waals surface area contributed by atoms with Crippen molar-refractivity contribution < 1.29 is 22.7 Å². The molecule has 0 aromatic heterocycles. The van der Waals surface area contributed by atoms with E-state index in [4.69, 9.17) is 4.74 Å². The first-order valence-electron chi connectivity index (χ1n) is 7.39. The van der Waals surface area contributed by atoms with Crippen LogP contribution in [0.1, 0.15) is 15.9 Å². The molecule has 0 heterocycles. The Balaban J connectivity index is 1.98. The Bertz CT molecular complexity index is 893. The van der Waals surface area contributed by atoms with Crippen molar-refractivity contribution in [2.24, 2.45) is 0 Å². The first-order valence-corrected chi connectivity index (χ1v) is 8.87. The fourth-order valence-corrected chi connectivity index (χ4v) is 2.82. The number of hydrogen-bond acceptors (Lipinski definition) is 5. The van der Waals surface area contributed by atoms with E-state index in [9.17, 15) is 18.0 Å². The number of carbonyl (C=O) groups is 2. The number of aryl methyl sites for hydroxylation is 1. The van der Waals surface area contributed by atoms with E-state index in [1.807, 2.05) is 13.0 Å². The molecule has 2 rings (SSSR count). The van der Waals surface area contributed by atoms with Crippen molar-refractivity contribution in [3.05, 3.63) is 59.7 Å². The molecule has 8 heteroatoms. The third-order valence-corrected chi connectivity index (χ3v) is 4.70. The van der Waals surface area contributed by atoms with E-state index >= 15 is 0 Å². The van der Waals surface area contributed by atoms with Crippen molar-refractivity contribution in [2.75, 3.05) is 19.0 Å². The predicted molar refractivity (Wildman–Crippen MR) is 92.8 cm³/mol. The highest BCUT2D eigenvalue weighted by Crippen LogP contribution is 2.12. The molecule has 0 atom stereocenters. The monoisotopic (exact) mass is 362 g/mol. The van der Waals surface area contributed by atoms with Gasteiger partial charge in [-0.15, -0.1) is 0 Å². The largest absolute Gasteiger partial charge is 0.452 e. The Hall–Kier alpha value is -2.71. The summed E-state index contributed by atoms with van der Waals surface area (Å²) in [6.45, 7) is 1.41. The van der Waals surface area contributed by atoms with E-state index in [1.54, 1.807) is 18.2 Å². The zero-order valence-corrected chi connectivity index (χ0v) is 14.6. The van der Waals surface area contributed by atoms with Crippen molar-refractivity contribution in [1.82, 2.24) is 4.72 Å². The molecule has 0 spiro atoms. The van der Waals surface area contributed by atoms with E-state index in [2.05, 4.69) is 10.0 Å². The lowest BCUT2D eigenvalue weighted by molar-refractivity contribution is -0.119. The van der Waals surface area contributed by atoms with Gasteiger partial charge in [0, 0.05) is 5.69 Å². The van der Waals surface area contributed by atoms with Crippen molar-refractivity contribution >= 4 is 27.6 Å². The smallest absolute Gasteiger partial charge is 0.338 e. The van der Waals surface area contributed by atoms with Gasteiger partial charge in [-0.3, -0.25) is 4.79 Å². The second-order valence-electron chi connectivity index (χ2n) is 5.23. The summed E-state index contributed by atoms with van der Waals surface area (Å²) in [6.07, 6.45) is 0. The summed E-state index contributed by atoms with van der Waals surface area (Å²) in [5.74, 6) is -1.27. The second kappa shape index (κ2) is 7.91. The van der Waals surface area contributed by atoms with Gasteiger partial charge in [-0.2, -0.15) is 0 Å². The number of ether oxygens (including phenoxy) is 1. The molecule has 2 N–H and O–H groups in total. The van der Waals surface area contributed by atoms with Crippen LogP contribution in [0.15, 0.2) is 53.4 Å². The third-order valence-electron chi connectivity index (χ3n) is 3.28. The lowest BCUT2D eigenvalue weighted by Gasteiger charge is -2.08. The molecule has 0 aliphatic carbocycles. The zero-order chi connectivity index (χ0) is 18.4. The number of carbonyl (C=O) groups excluding carboxylic acids is 2. The van der Waals surface area contributed by atoms with Gasteiger partial charge in [0.05, 0.1) is 10.5 Å². The number of sulfonamides is 1. The van der Waals surface area contributed by atoms with E-state index < -0.39 is 28.5 Å². The van der Waals surface area contributed by atoms with Gasteiger partial charge in [0.25, 0.3) is 5.91 Å². The Kier molecular flexibility index (Phi) is 5.89.